The topological polar surface area (TPSA) is 76.9 Å². The zero-order valence-electron chi connectivity index (χ0n) is 11.6. The van der Waals surface area contributed by atoms with E-state index in [1.54, 1.807) is 26.0 Å². The van der Waals surface area contributed by atoms with Crippen molar-refractivity contribution in [2.75, 3.05) is 0 Å². The molecular weight excluding hydrogens is 363 g/mol. The Morgan fingerprint density at radius 2 is 2.10 bits per heavy atom. The van der Waals surface area contributed by atoms with Crippen LogP contribution >= 0.6 is 15.9 Å². The third kappa shape index (κ3) is 3.30. The van der Waals surface area contributed by atoms with Crippen LogP contribution in [-0.4, -0.2) is 23.4 Å². The van der Waals surface area contributed by atoms with Crippen molar-refractivity contribution in [1.82, 2.24) is 19.7 Å². The van der Waals surface area contributed by atoms with Crippen LogP contribution in [0.3, 0.4) is 0 Å². The van der Waals surface area contributed by atoms with E-state index >= 15 is 0 Å². The largest absolute Gasteiger partial charge is 0.261 e. The molecule has 2 aromatic rings. The van der Waals surface area contributed by atoms with Gasteiger partial charge in [-0.2, -0.15) is 0 Å². The smallest absolute Gasteiger partial charge is 0.235 e. The molecule has 0 aliphatic carbocycles. The van der Waals surface area contributed by atoms with Gasteiger partial charge in [0.05, 0.1) is 0 Å². The summed E-state index contributed by atoms with van der Waals surface area (Å²) in [6.45, 7) is 3.28. The third-order valence-corrected chi connectivity index (χ3v) is 5.45. The van der Waals surface area contributed by atoms with Gasteiger partial charge in [0.1, 0.15) is 5.82 Å². The lowest BCUT2D eigenvalue weighted by Crippen LogP contribution is -2.29. The van der Waals surface area contributed by atoms with Crippen LogP contribution in [-0.2, 0) is 17.1 Å². The van der Waals surface area contributed by atoms with E-state index in [9.17, 15) is 12.8 Å². The Morgan fingerprint density at radius 3 is 2.62 bits per heavy atom. The van der Waals surface area contributed by atoms with Crippen molar-refractivity contribution >= 4 is 26.0 Å². The molecule has 9 heteroatoms. The summed E-state index contributed by atoms with van der Waals surface area (Å²) < 4.78 is 42.0. The molecule has 1 heterocycles. The second-order valence-corrected chi connectivity index (χ2v) is 7.04. The molecule has 6 nitrogen and oxygen atoms in total. The number of hydrogen-bond donors (Lipinski definition) is 1. The normalized spacial score (nSPS) is 13.4. The lowest BCUT2D eigenvalue weighted by atomic mass is 10.1. The molecule has 0 aliphatic heterocycles. The first-order valence-corrected chi connectivity index (χ1v) is 8.33. The molecular formula is C12H14BrFN4O2S. The first kappa shape index (κ1) is 16.1. The summed E-state index contributed by atoms with van der Waals surface area (Å²) in [6.07, 6.45) is 0. The minimum atomic E-state index is -3.83. The van der Waals surface area contributed by atoms with E-state index in [1.165, 1.54) is 13.1 Å². The molecule has 1 aromatic carbocycles. The quantitative estimate of drug-likeness (QED) is 0.885. The van der Waals surface area contributed by atoms with Crippen molar-refractivity contribution in [3.05, 3.63) is 39.7 Å². The molecule has 2 rings (SSSR count). The van der Waals surface area contributed by atoms with Gasteiger partial charge in [-0.3, -0.25) is 0 Å². The first-order valence-electron chi connectivity index (χ1n) is 6.06. The number of aryl methyl sites for hydroxylation is 2. The highest BCUT2D eigenvalue weighted by Crippen LogP contribution is 2.22. The maximum absolute atomic E-state index is 13.6. The van der Waals surface area contributed by atoms with E-state index in [4.69, 9.17) is 0 Å². The van der Waals surface area contributed by atoms with Crippen molar-refractivity contribution in [1.29, 1.82) is 0 Å². The van der Waals surface area contributed by atoms with Crippen LogP contribution in [0.15, 0.2) is 27.8 Å². The SMILES string of the molecule is Cc1ccc(C(C)NS(=O)(=O)c2c(Br)nnn2C)cc1F. The van der Waals surface area contributed by atoms with Gasteiger partial charge in [0.2, 0.25) is 5.03 Å². The third-order valence-electron chi connectivity index (χ3n) is 3.02. The lowest BCUT2D eigenvalue weighted by molar-refractivity contribution is 0.546. The van der Waals surface area contributed by atoms with Crippen molar-refractivity contribution in [3.63, 3.8) is 0 Å². The molecule has 0 fully saturated rings. The zero-order chi connectivity index (χ0) is 15.8. The summed E-state index contributed by atoms with van der Waals surface area (Å²) in [5, 5.41) is 7.19. The van der Waals surface area contributed by atoms with Gasteiger partial charge in [-0.05, 0) is 47.0 Å². The van der Waals surface area contributed by atoms with E-state index in [2.05, 4.69) is 31.0 Å². The Bertz CT molecular complexity index is 756. The highest BCUT2D eigenvalue weighted by atomic mass is 79.9. The predicted molar refractivity (Wildman–Crippen MR) is 78.6 cm³/mol. The van der Waals surface area contributed by atoms with Gasteiger partial charge in [0.25, 0.3) is 10.0 Å². The molecule has 0 saturated carbocycles. The van der Waals surface area contributed by atoms with Crippen molar-refractivity contribution in [3.8, 4) is 0 Å². The van der Waals surface area contributed by atoms with Crippen LogP contribution in [0.4, 0.5) is 4.39 Å². The minimum Gasteiger partial charge on any atom is -0.235 e. The fourth-order valence-electron chi connectivity index (χ4n) is 1.84. The van der Waals surface area contributed by atoms with E-state index in [1.807, 2.05) is 0 Å². The van der Waals surface area contributed by atoms with Crippen LogP contribution < -0.4 is 4.72 Å². The first-order chi connectivity index (χ1) is 9.72. The molecule has 114 valence electrons. The standard InChI is InChI=1S/C12H14BrFN4O2S/c1-7-4-5-9(6-10(7)14)8(2)16-21(19,20)12-11(13)15-17-18(12)3/h4-6,8,16H,1-3H3. The molecule has 1 unspecified atom stereocenters. The molecule has 0 radical (unpaired) electrons. The average Bonchev–Trinajstić information content (AvgIpc) is 2.72. The van der Waals surface area contributed by atoms with Crippen LogP contribution in [0.5, 0.6) is 0 Å². The highest BCUT2D eigenvalue weighted by Gasteiger charge is 2.26. The van der Waals surface area contributed by atoms with Crippen molar-refractivity contribution in [2.24, 2.45) is 7.05 Å². The Balaban J connectivity index is 2.30. The van der Waals surface area contributed by atoms with Crippen LogP contribution in [0.1, 0.15) is 24.1 Å². The number of halogens is 2. The lowest BCUT2D eigenvalue weighted by Gasteiger charge is -2.15. The molecule has 1 aromatic heterocycles. The number of rotatable bonds is 4. The van der Waals surface area contributed by atoms with E-state index in [-0.39, 0.29) is 15.4 Å². The molecule has 0 amide bonds. The van der Waals surface area contributed by atoms with Crippen LogP contribution in [0, 0.1) is 12.7 Å². The van der Waals surface area contributed by atoms with E-state index in [0.29, 0.717) is 11.1 Å². The summed E-state index contributed by atoms with van der Waals surface area (Å²) in [4.78, 5) is 0. The molecule has 1 atom stereocenters. The molecule has 0 aliphatic rings. The number of nitrogens with zero attached hydrogens (tertiary/aromatic N) is 3. The van der Waals surface area contributed by atoms with Crippen molar-refractivity contribution in [2.45, 2.75) is 24.9 Å². The summed E-state index contributed by atoms with van der Waals surface area (Å²) >= 11 is 3.05. The summed E-state index contributed by atoms with van der Waals surface area (Å²) in [6, 6.07) is 4.02. The number of nitrogens with one attached hydrogen (secondary N) is 1. The van der Waals surface area contributed by atoms with Crippen molar-refractivity contribution < 1.29 is 12.8 Å². The molecule has 21 heavy (non-hydrogen) atoms. The average molecular weight is 377 g/mol. The summed E-state index contributed by atoms with van der Waals surface area (Å²) in [5.74, 6) is -0.373. The van der Waals surface area contributed by atoms with Gasteiger partial charge in [0, 0.05) is 13.1 Å². The van der Waals surface area contributed by atoms with Crippen LogP contribution in [0.25, 0.3) is 0 Å². The number of benzene rings is 1. The minimum absolute atomic E-state index is 0.0815. The van der Waals surface area contributed by atoms with E-state index < -0.39 is 16.1 Å². The van der Waals surface area contributed by atoms with Gasteiger partial charge in [-0.15, -0.1) is 5.10 Å². The molecule has 0 saturated heterocycles. The Morgan fingerprint density at radius 1 is 1.43 bits per heavy atom. The monoisotopic (exact) mass is 376 g/mol. The van der Waals surface area contributed by atoms with Gasteiger partial charge < -0.3 is 0 Å². The maximum atomic E-state index is 13.6. The predicted octanol–water partition coefficient (Wildman–Crippen LogP) is 2.06. The Kier molecular flexibility index (Phi) is 4.45. The molecule has 1 N–H and O–H groups in total. The molecule has 0 bridgehead atoms. The number of hydrogen-bond acceptors (Lipinski definition) is 4. The zero-order valence-corrected chi connectivity index (χ0v) is 14.0. The highest BCUT2D eigenvalue weighted by molar-refractivity contribution is 9.10. The number of sulfonamides is 1. The second kappa shape index (κ2) is 5.82. The fraction of sp³-hybridized carbons (Fsp3) is 0.333. The van der Waals surface area contributed by atoms with Gasteiger partial charge in [-0.1, -0.05) is 17.3 Å². The van der Waals surface area contributed by atoms with E-state index in [0.717, 1.165) is 4.68 Å². The maximum Gasteiger partial charge on any atom is 0.261 e. The van der Waals surface area contributed by atoms with Gasteiger partial charge in [0.15, 0.2) is 4.60 Å². The Hall–Kier alpha value is -1.32. The van der Waals surface area contributed by atoms with Crippen LogP contribution in [0.2, 0.25) is 0 Å². The van der Waals surface area contributed by atoms with Gasteiger partial charge in [-0.25, -0.2) is 22.2 Å². The molecule has 0 spiro atoms. The summed E-state index contributed by atoms with van der Waals surface area (Å²) in [5.41, 5.74) is 1.04. The number of aromatic nitrogens is 3. The van der Waals surface area contributed by atoms with Gasteiger partial charge >= 0.3 is 0 Å². The Labute approximate surface area is 130 Å². The second-order valence-electron chi connectivity index (χ2n) is 4.66. The summed E-state index contributed by atoms with van der Waals surface area (Å²) in [7, 11) is -2.36. The fourth-order valence-corrected chi connectivity index (χ4v) is 4.17.